The Bertz CT molecular complexity index is 1950. The second-order valence-corrected chi connectivity index (χ2v) is 14.7. The summed E-state index contributed by atoms with van der Waals surface area (Å²) in [6, 6.07) is 11.5. The molecule has 0 saturated carbocycles. The van der Waals surface area contributed by atoms with Crippen molar-refractivity contribution in [3.8, 4) is 11.5 Å². The number of methoxy groups -OCH3 is 2. The number of aromatic nitrogens is 2. The van der Waals surface area contributed by atoms with Gasteiger partial charge in [0.05, 0.1) is 26.3 Å². The lowest BCUT2D eigenvalue weighted by molar-refractivity contribution is -0.137. The van der Waals surface area contributed by atoms with Crippen molar-refractivity contribution in [2.24, 2.45) is 0 Å². The summed E-state index contributed by atoms with van der Waals surface area (Å²) in [5.74, 6) is -1.99. The van der Waals surface area contributed by atoms with E-state index in [0.29, 0.717) is 42.7 Å². The maximum absolute atomic E-state index is 16.1. The van der Waals surface area contributed by atoms with Crippen LogP contribution in [0.25, 0.3) is 0 Å². The first kappa shape index (κ1) is 38.0. The zero-order valence-electron chi connectivity index (χ0n) is 28.3. The van der Waals surface area contributed by atoms with E-state index in [-0.39, 0.29) is 41.8 Å². The molecule has 2 heterocycles. The number of likely N-dealkylation sites (N-methyl/N-ethyl adjacent to an activating group) is 1. The Hall–Kier alpha value is -4.21. The van der Waals surface area contributed by atoms with Gasteiger partial charge in [0.1, 0.15) is 35.3 Å². The summed E-state index contributed by atoms with van der Waals surface area (Å²) < 4.78 is 112. The Labute approximate surface area is 298 Å². The van der Waals surface area contributed by atoms with Crippen LogP contribution in [0, 0.1) is 11.6 Å². The number of hydrogen-bond donors (Lipinski definition) is 0. The number of anilines is 2. The fraction of sp³-hybridized carbons (Fsp3) is 0.371. The zero-order valence-corrected chi connectivity index (χ0v) is 29.9. The minimum atomic E-state index is -4.91. The first-order valence-corrected chi connectivity index (χ1v) is 17.7. The van der Waals surface area contributed by atoms with Crippen molar-refractivity contribution in [2.75, 3.05) is 50.6 Å². The molecular weight excluding hydrogens is 717 g/mol. The van der Waals surface area contributed by atoms with E-state index < -0.39 is 43.8 Å². The van der Waals surface area contributed by atoms with Crippen molar-refractivity contribution in [1.29, 1.82) is 0 Å². The number of nitrogens with zero attached hydrogens (tertiary/aromatic N) is 5. The van der Waals surface area contributed by atoms with Gasteiger partial charge < -0.3 is 19.3 Å². The Morgan fingerprint density at radius 2 is 1.73 bits per heavy atom. The van der Waals surface area contributed by atoms with E-state index in [1.165, 1.54) is 32.5 Å². The van der Waals surface area contributed by atoms with Crippen molar-refractivity contribution in [1.82, 2.24) is 14.9 Å². The smallest absolute Gasteiger partial charge is 0.416 e. The number of piperidine rings is 1. The van der Waals surface area contributed by atoms with Crippen LogP contribution in [0.3, 0.4) is 0 Å². The van der Waals surface area contributed by atoms with Gasteiger partial charge in [-0.05, 0) is 87.8 Å². The summed E-state index contributed by atoms with van der Waals surface area (Å²) in [6.07, 6.45) is -0.154. The third-order valence-electron chi connectivity index (χ3n) is 9.19. The van der Waals surface area contributed by atoms with Gasteiger partial charge >= 0.3 is 6.18 Å². The lowest BCUT2D eigenvalue weighted by atomic mass is 9.82. The molecular formula is C35H37ClF5N5O4S. The van der Waals surface area contributed by atoms with Gasteiger partial charge in [0.2, 0.25) is 0 Å². The van der Waals surface area contributed by atoms with Crippen LogP contribution in [0.1, 0.15) is 36.0 Å². The second-order valence-electron chi connectivity index (χ2n) is 12.5. The maximum atomic E-state index is 16.1. The van der Waals surface area contributed by atoms with E-state index in [0.717, 1.165) is 34.9 Å². The highest BCUT2D eigenvalue weighted by molar-refractivity contribution is 7.92. The van der Waals surface area contributed by atoms with Crippen LogP contribution in [0.15, 0.2) is 72.0 Å². The molecule has 1 fully saturated rings. The highest BCUT2D eigenvalue weighted by Crippen LogP contribution is 2.38. The maximum Gasteiger partial charge on any atom is 0.416 e. The number of alkyl halides is 3. The van der Waals surface area contributed by atoms with Crippen LogP contribution < -0.4 is 18.7 Å². The Balaban J connectivity index is 1.45. The number of hydrogen-bond acceptors (Lipinski definition) is 8. The molecule has 1 aromatic heterocycles. The highest BCUT2D eigenvalue weighted by Gasteiger charge is 2.39. The quantitative estimate of drug-likeness (QED) is 0.139. The number of rotatable bonds is 12. The van der Waals surface area contributed by atoms with Gasteiger partial charge in [0, 0.05) is 53.2 Å². The number of aryl methyl sites for hydroxylation is 1. The Morgan fingerprint density at radius 3 is 2.33 bits per heavy atom. The first-order chi connectivity index (χ1) is 24.1. The van der Waals surface area contributed by atoms with Crippen LogP contribution in [-0.4, -0.2) is 70.2 Å². The summed E-state index contributed by atoms with van der Waals surface area (Å²) in [6.45, 7) is 0.310. The molecule has 0 bridgehead atoms. The summed E-state index contributed by atoms with van der Waals surface area (Å²) in [4.78, 5) is 10.5. The van der Waals surface area contributed by atoms with E-state index in [9.17, 15) is 21.6 Å². The molecule has 5 rings (SSSR count). The van der Waals surface area contributed by atoms with Gasteiger partial charge in [-0.2, -0.15) is 13.2 Å². The minimum absolute atomic E-state index is 0.0218. The van der Waals surface area contributed by atoms with E-state index >= 15 is 8.78 Å². The number of halogens is 6. The SMILES string of the molecule is COc1ccc(CN(c2ccncn2)S(=O)(=O)c2c(F)cc(N3CCCC(CCc4cc(Cl)cc(C(F)(F)F)c4)(N(C)C)C3)cc2F)c(OC)c1. The van der Waals surface area contributed by atoms with Crippen LogP contribution in [-0.2, 0) is 29.2 Å². The molecule has 1 aliphatic heterocycles. The highest BCUT2D eigenvalue weighted by atomic mass is 35.5. The molecule has 274 valence electrons. The van der Waals surface area contributed by atoms with Gasteiger partial charge in [0.15, 0.2) is 4.90 Å². The van der Waals surface area contributed by atoms with Gasteiger partial charge in [0.25, 0.3) is 10.0 Å². The second kappa shape index (κ2) is 15.2. The van der Waals surface area contributed by atoms with Crippen LogP contribution in [0.2, 0.25) is 5.02 Å². The van der Waals surface area contributed by atoms with E-state index in [2.05, 4.69) is 9.97 Å². The predicted octanol–water partition coefficient (Wildman–Crippen LogP) is 7.37. The van der Waals surface area contributed by atoms with Crippen LogP contribution >= 0.6 is 11.6 Å². The average molecular weight is 754 g/mol. The molecule has 3 aromatic carbocycles. The molecule has 9 nitrogen and oxygen atoms in total. The van der Waals surface area contributed by atoms with E-state index in [1.807, 2.05) is 19.0 Å². The summed E-state index contributed by atoms with van der Waals surface area (Å²) >= 11 is 6.02. The van der Waals surface area contributed by atoms with E-state index in [1.54, 1.807) is 23.1 Å². The average Bonchev–Trinajstić information content (AvgIpc) is 3.09. The molecule has 1 atom stereocenters. The fourth-order valence-corrected chi connectivity index (χ4v) is 8.16. The summed E-state index contributed by atoms with van der Waals surface area (Å²) in [7, 11) is 1.64. The van der Waals surface area contributed by atoms with Crippen molar-refractivity contribution < 1.29 is 39.8 Å². The summed E-state index contributed by atoms with van der Waals surface area (Å²) in [5.41, 5.74) is -0.504. The van der Waals surface area contributed by atoms with Gasteiger partial charge in [-0.25, -0.2) is 31.5 Å². The van der Waals surface area contributed by atoms with Crippen LogP contribution in [0.4, 0.5) is 33.5 Å². The number of ether oxygens (including phenoxy) is 2. The van der Waals surface area contributed by atoms with Crippen molar-refractivity contribution in [2.45, 2.75) is 48.8 Å². The van der Waals surface area contributed by atoms with E-state index in [4.69, 9.17) is 21.1 Å². The molecule has 51 heavy (non-hydrogen) atoms. The molecule has 1 saturated heterocycles. The zero-order chi connectivity index (χ0) is 37.1. The van der Waals surface area contributed by atoms with Gasteiger partial charge in [-0.3, -0.25) is 0 Å². The van der Waals surface area contributed by atoms with Crippen molar-refractivity contribution in [3.05, 3.63) is 100 Å². The summed E-state index contributed by atoms with van der Waals surface area (Å²) in [5, 5.41) is -0.0218. The standard InChI is InChI=1S/C35H37ClF5N5O4S/c1-44(2)34(11-8-23-14-25(35(39,40)41)16-26(36)15-23)10-5-13-45(21-34)27-17-29(37)33(30(38)18-27)51(47,48)46(32-9-12-42-22-43-32)20-24-6-7-28(49-3)19-31(24)50-4/h6-7,9,12,14-19,22H,5,8,10-11,13,20-21H2,1-4H3. The monoisotopic (exact) mass is 753 g/mol. The third-order valence-corrected chi connectivity index (χ3v) is 11.2. The lowest BCUT2D eigenvalue weighted by Crippen LogP contribution is -2.56. The Morgan fingerprint density at radius 1 is 1.00 bits per heavy atom. The predicted molar refractivity (Wildman–Crippen MR) is 184 cm³/mol. The molecule has 1 unspecified atom stereocenters. The van der Waals surface area contributed by atoms with Crippen molar-refractivity contribution >= 4 is 33.1 Å². The molecule has 0 radical (unpaired) electrons. The topological polar surface area (TPSA) is 88.1 Å². The minimum Gasteiger partial charge on any atom is -0.497 e. The number of benzene rings is 3. The molecule has 0 N–H and O–H groups in total. The molecule has 16 heteroatoms. The Kier molecular flexibility index (Phi) is 11.3. The molecule has 4 aromatic rings. The molecule has 0 aliphatic carbocycles. The number of sulfonamides is 1. The third kappa shape index (κ3) is 8.31. The van der Waals surface area contributed by atoms with Crippen LogP contribution in [0.5, 0.6) is 11.5 Å². The normalized spacial score (nSPS) is 16.7. The van der Waals surface area contributed by atoms with Crippen molar-refractivity contribution in [3.63, 3.8) is 0 Å². The lowest BCUT2D eigenvalue weighted by Gasteiger charge is -2.48. The first-order valence-electron chi connectivity index (χ1n) is 15.9. The van der Waals surface area contributed by atoms with Gasteiger partial charge in [-0.1, -0.05) is 11.6 Å². The molecule has 0 amide bonds. The molecule has 0 spiro atoms. The largest absolute Gasteiger partial charge is 0.497 e. The van der Waals surface area contributed by atoms with Gasteiger partial charge in [-0.15, -0.1) is 0 Å². The molecule has 1 aliphatic rings. The fourth-order valence-electron chi connectivity index (χ4n) is 6.40.